The smallest absolute Gasteiger partial charge is 0.303 e. The highest BCUT2D eigenvalue weighted by atomic mass is 79.9. The van der Waals surface area contributed by atoms with Crippen LogP contribution in [-0.4, -0.2) is 39.8 Å². The predicted octanol–water partition coefficient (Wildman–Crippen LogP) is 3.08. The van der Waals surface area contributed by atoms with Gasteiger partial charge in [-0.25, -0.2) is 4.39 Å². The Morgan fingerprint density at radius 1 is 1.08 bits per heavy atom. The van der Waals surface area contributed by atoms with Crippen molar-refractivity contribution in [2.24, 2.45) is 0 Å². The maximum atomic E-state index is 13.8. The first kappa shape index (κ1) is 19.4. The van der Waals surface area contributed by atoms with Crippen LogP contribution in [0.3, 0.4) is 0 Å². The van der Waals surface area contributed by atoms with Crippen LogP contribution in [0.4, 0.5) is 15.8 Å². The van der Waals surface area contributed by atoms with Crippen LogP contribution in [0.5, 0.6) is 0 Å². The summed E-state index contributed by atoms with van der Waals surface area (Å²) in [7, 11) is 0.671. The molecule has 0 heterocycles. The number of carbonyl (C=O) groups is 1. The Kier molecular flexibility index (Phi) is 5.81. The van der Waals surface area contributed by atoms with Gasteiger partial charge in [-0.15, -0.1) is 0 Å². The molecule has 0 spiro atoms. The number of carbonyl (C=O) groups excluding carboxylic acids is 1. The van der Waals surface area contributed by atoms with Gasteiger partial charge in [0.1, 0.15) is 5.82 Å². The van der Waals surface area contributed by atoms with Crippen molar-refractivity contribution in [1.82, 2.24) is 4.31 Å². The number of hydrogen-bond donors (Lipinski definition) is 1. The van der Waals surface area contributed by atoms with E-state index < -0.39 is 21.9 Å². The Hall–Kier alpha value is -1.97. The third kappa shape index (κ3) is 4.36. The van der Waals surface area contributed by atoms with E-state index in [-0.39, 0.29) is 11.3 Å². The Morgan fingerprint density at radius 3 is 2.20 bits per heavy atom. The second kappa shape index (κ2) is 7.51. The van der Waals surface area contributed by atoms with Crippen molar-refractivity contribution in [3.8, 4) is 0 Å². The zero-order chi connectivity index (χ0) is 18.8. The van der Waals surface area contributed by atoms with Crippen LogP contribution in [0, 0.1) is 5.82 Å². The highest BCUT2D eigenvalue weighted by Gasteiger charge is 2.21. The molecule has 0 aliphatic heterocycles. The molecular formula is C16H17BrFN3O3S. The Balaban J connectivity index is 2.18. The molecule has 1 amide bonds. The summed E-state index contributed by atoms with van der Waals surface area (Å²) in [5, 5.41) is 2.48. The van der Waals surface area contributed by atoms with Crippen LogP contribution in [0.2, 0.25) is 0 Å². The fraction of sp³-hybridized carbons (Fsp3) is 0.188. The Bertz CT molecular complexity index is 886. The van der Waals surface area contributed by atoms with E-state index in [4.69, 9.17) is 0 Å². The molecule has 9 heteroatoms. The SMILES string of the molecule is CN(C)S(=O)(=O)N(C)c1ccc(C(=O)Nc2ccc(Br)cc2F)cc1. The molecule has 0 radical (unpaired) electrons. The van der Waals surface area contributed by atoms with Crippen LogP contribution in [0.1, 0.15) is 10.4 Å². The highest BCUT2D eigenvalue weighted by Crippen LogP contribution is 2.21. The van der Waals surface area contributed by atoms with Gasteiger partial charge in [-0.05, 0) is 42.5 Å². The summed E-state index contributed by atoms with van der Waals surface area (Å²) in [5.74, 6) is -1.05. The molecular weight excluding hydrogens is 413 g/mol. The van der Waals surface area contributed by atoms with E-state index in [9.17, 15) is 17.6 Å². The van der Waals surface area contributed by atoms with Crippen molar-refractivity contribution in [2.45, 2.75) is 0 Å². The lowest BCUT2D eigenvalue weighted by Crippen LogP contribution is -2.37. The number of amides is 1. The quantitative estimate of drug-likeness (QED) is 0.793. The monoisotopic (exact) mass is 429 g/mol. The lowest BCUT2D eigenvalue weighted by atomic mass is 10.2. The van der Waals surface area contributed by atoms with E-state index in [1.807, 2.05) is 0 Å². The summed E-state index contributed by atoms with van der Waals surface area (Å²) in [4.78, 5) is 12.2. The number of rotatable bonds is 5. The van der Waals surface area contributed by atoms with Crippen LogP contribution in [0.25, 0.3) is 0 Å². The molecule has 0 bridgehead atoms. The minimum atomic E-state index is -3.61. The Morgan fingerprint density at radius 2 is 1.68 bits per heavy atom. The highest BCUT2D eigenvalue weighted by molar-refractivity contribution is 9.10. The first-order valence-corrected chi connectivity index (χ1v) is 9.35. The molecule has 0 aliphatic carbocycles. The van der Waals surface area contributed by atoms with E-state index in [0.29, 0.717) is 10.2 Å². The van der Waals surface area contributed by atoms with Crippen molar-refractivity contribution in [3.63, 3.8) is 0 Å². The predicted molar refractivity (Wildman–Crippen MR) is 99.5 cm³/mol. The molecule has 0 atom stereocenters. The van der Waals surface area contributed by atoms with Crippen LogP contribution in [-0.2, 0) is 10.2 Å². The molecule has 2 rings (SSSR count). The zero-order valence-electron chi connectivity index (χ0n) is 13.8. The second-order valence-corrected chi connectivity index (χ2v) is 8.47. The van der Waals surface area contributed by atoms with Gasteiger partial charge in [0, 0.05) is 31.2 Å². The fourth-order valence-electron chi connectivity index (χ4n) is 1.99. The fourth-order valence-corrected chi connectivity index (χ4v) is 3.20. The maximum Gasteiger partial charge on any atom is 0.303 e. The van der Waals surface area contributed by atoms with E-state index in [1.165, 1.54) is 57.5 Å². The summed E-state index contributed by atoms with van der Waals surface area (Å²) in [6.07, 6.45) is 0. The van der Waals surface area contributed by atoms with Crippen molar-refractivity contribution < 1.29 is 17.6 Å². The lowest BCUT2D eigenvalue weighted by Gasteiger charge is -2.23. The van der Waals surface area contributed by atoms with Crippen molar-refractivity contribution >= 4 is 43.4 Å². The van der Waals surface area contributed by atoms with Crippen molar-refractivity contribution in [1.29, 1.82) is 0 Å². The van der Waals surface area contributed by atoms with Crippen molar-refractivity contribution in [2.75, 3.05) is 30.8 Å². The molecule has 6 nitrogen and oxygen atoms in total. The summed E-state index contributed by atoms with van der Waals surface area (Å²) in [6.45, 7) is 0. The summed E-state index contributed by atoms with van der Waals surface area (Å²) in [5.41, 5.74) is 0.742. The van der Waals surface area contributed by atoms with Crippen LogP contribution in [0.15, 0.2) is 46.9 Å². The van der Waals surface area contributed by atoms with Gasteiger partial charge in [-0.3, -0.25) is 9.10 Å². The molecule has 0 saturated heterocycles. The van der Waals surface area contributed by atoms with E-state index in [0.717, 1.165) is 8.61 Å². The molecule has 2 aromatic rings. The van der Waals surface area contributed by atoms with Gasteiger partial charge in [0.15, 0.2) is 0 Å². The summed E-state index contributed by atoms with van der Waals surface area (Å²) in [6, 6.07) is 10.3. The number of nitrogens with one attached hydrogen (secondary N) is 1. The van der Waals surface area contributed by atoms with Crippen molar-refractivity contribution in [3.05, 3.63) is 58.3 Å². The van der Waals surface area contributed by atoms with Gasteiger partial charge < -0.3 is 5.32 Å². The molecule has 0 fully saturated rings. The second-order valence-electron chi connectivity index (χ2n) is 5.38. The van der Waals surface area contributed by atoms with Gasteiger partial charge >= 0.3 is 10.2 Å². The van der Waals surface area contributed by atoms with E-state index in [1.54, 1.807) is 6.07 Å². The molecule has 1 N–H and O–H groups in total. The van der Waals surface area contributed by atoms with E-state index >= 15 is 0 Å². The number of hydrogen-bond acceptors (Lipinski definition) is 3. The minimum Gasteiger partial charge on any atom is -0.319 e. The van der Waals surface area contributed by atoms with Crippen LogP contribution >= 0.6 is 15.9 Å². The van der Waals surface area contributed by atoms with E-state index in [2.05, 4.69) is 21.2 Å². The zero-order valence-corrected chi connectivity index (χ0v) is 16.2. The third-order valence-corrected chi connectivity index (χ3v) is 5.80. The standard InChI is InChI=1S/C16H17BrFN3O3S/c1-20(2)25(23,24)21(3)13-7-4-11(5-8-13)16(22)19-15-9-6-12(17)10-14(15)18/h4-10H,1-3H3,(H,19,22). The average molecular weight is 430 g/mol. The number of nitrogens with zero attached hydrogens (tertiary/aromatic N) is 2. The molecule has 25 heavy (non-hydrogen) atoms. The summed E-state index contributed by atoms with van der Waals surface area (Å²) < 4.78 is 40.7. The maximum absolute atomic E-state index is 13.8. The first-order valence-electron chi connectivity index (χ1n) is 7.16. The molecule has 0 aromatic heterocycles. The van der Waals surface area contributed by atoms with Gasteiger partial charge in [-0.2, -0.15) is 12.7 Å². The molecule has 0 unspecified atom stereocenters. The largest absolute Gasteiger partial charge is 0.319 e. The van der Waals surface area contributed by atoms with Gasteiger partial charge in [0.25, 0.3) is 5.91 Å². The number of halogens is 2. The number of anilines is 2. The molecule has 0 saturated carbocycles. The minimum absolute atomic E-state index is 0.0598. The van der Waals surface area contributed by atoms with Gasteiger partial charge in [-0.1, -0.05) is 15.9 Å². The third-order valence-electron chi connectivity index (χ3n) is 3.48. The summed E-state index contributed by atoms with van der Waals surface area (Å²) >= 11 is 3.15. The first-order chi connectivity index (χ1) is 11.6. The lowest BCUT2D eigenvalue weighted by molar-refractivity contribution is 0.102. The molecule has 0 aliphatic rings. The van der Waals surface area contributed by atoms with Gasteiger partial charge in [0.05, 0.1) is 11.4 Å². The number of benzene rings is 2. The Labute approximate surface area is 154 Å². The molecule has 2 aromatic carbocycles. The molecule has 134 valence electrons. The topological polar surface area (TPSA) is 69.7 Å². The normalized spacial score (nSPS) is 11.4. The average Bonchev–Trinajstić information content (AvgIpc) is 2.56. The van der Waals surface area contributed by atoms with Gasteiger partial charge in [0.2, 0.25) is 0 Å². The van der Waals surface area contributed by atoms with Crippen LogP contribution < -0.4 is 9.62 Å².